The maximum absolute atomic E-state index is 13.1. The minimum absolute atomic E-state index is 0.0346. The predicted molar refractivity (Wildman–Crippen MR) is 205 cm³/mol. The number of hydrogen-bond acceptors (Lipinski definition) is 5. The van der Waals surface area contributed by atoms with Crippen molar-refractivity contribution in [1.82, 2.24) is 10.6 Å². The molecule has 1 amide bonds. The van der Waals surface area contributed by atoms with Gasteiger partial charge >= 0.3 is 5.97 Å². The van der Waals surface area contributed by atoms with E-state index >= 15 is 0 Å². The second-order valence-corrected chi connectivity index (χ2v) is 17.8. The van der Waals surface area contributed by atoms with Gasteiger partial charge in [-0.15, -0.1) is 0 Å². The van der Waals surface area contributed by atoms with Crippen LogP contribution in [0.1, 0.15) is 148 Å². The number of unbranched alkanes of at least 4 members (excludes halogenated alkanes) is 7. The molecule has 0 aliphatic heterocycles. The number of nitrogens with one attached hydrogen (secondary N) is 2. The molecule has 0 spiro atoms. The Morgan fingerprint density at radius 3 is 2.26 bits per heavy atom. The Morgan fingerprint density at radius 2 is 1.54 bits per heavy atom. The number of carbonyl (C=O) groups is 2. The fourth-order valence-electron chi connectivity index (χ4n) is 12.1. The highest BCUT2D eigenvalue weighted by molar-refractivity contribution is 5.84. The average Bonchev–Trinajstić information content (AvgIpc) is 3.48. The van der Waals surface area contributed by atoms with Gasteiger partial charge in [-0.3, -0.25) is 4.79 Å². The molecule has 10 atom stereocenters. The second-order valence-electron chi connectivity index (χ2n) is 17.8. The van der Waals surface area contributed by atoms with Crippen molar-refractivity contribution in [2.75, 3.05) is 20.2 Å². The fourth-order valence-corrected chi connectivity index (χ4v) is 12.1. The number of ether oxygens (including phenoxy) is 1. The van der Waals surface area contributed by atoms with Crippen molar-refractivity contribution in [3.05, 3.63) is 35.9 Å². The van der Waals surface area contributed by atoms with Crippen LogP contribution in [0.15, 0.2) is 30.3 Å². The molecule has 6 nitrogen and oxygen atoms in total. The molecule has 1 aromatic rings. The molecule has 4 fully saturated rings. The summed E-state index contributed by atoms with van der Waals surface area (Å²) in [7, 11) is 1.40. The molecule has 5 rings (SSSR count). The summed E-state index contributed by atoms with van der Waals surface area (Å²) in [5.41, 5.74) is 7.55. The largest absolute Gasteiger partial charge is 0.467 e. The SMILES string of the molecule is COC(=O)[C@H](Cc1ccccc1)NC(=O)CC[C@@H](C)[C@H]1CCC2C3CC[C@@H]4C[C@@H](NCCCCCCCCCCN)CC[C@]4(C)C3CC[C@@]21C. The van der Waals surface area contributed by atoms with Crippen molar-refractivity contribution < 1.29 is 14.3 Å². The van der Waals surface area contributed by atoms with Crippen LogP contribution in [0, 0.1) is 46.3 Å². The minimum atomic E-state index is -0.645. The van der Waals surface area contributed by atoms with Gasteiger partial charge in [-0.2, -0.15) is 0 Å². The maximum atomic E-state index is 13.1. The molecular formula is C44H73N3O3. The van der Waals surface area contributed by atoms with Crippen LogP contribution < -0.4 is 16.4 Å². The molecule has 0 heterocycles. The number of benzene rings is 1. The third-order valence-electron chi connectivity index (χ3n) is 14.9. The first-order chi connectivity index (χ1) is 24.2. The molecule has 0 saturated heterocycles. The third kappa shape index (κ3) is 9.54. The molecule has 4 aliphatic rings. The van der Waals surface area contributed by atoms with Gasteiger partial charge < -0.3 is 21.1 Å². The molecule has 0 aromatic heterocycles. The molecule has 3 unspecified atom stereocenters. The fraction of sp³-hybridized carbons (Fsp3) is 0.818. The minimum Gasteiger partial charge on any atom is -0.467 e. The van der Waals surface area contributed by atoms with Crippen LogP contribution in [0.25, 0.3) is 0 Å². The van der Waals surface area contributed by atoms with E-state index < -0.39 is 6.04 Å². The molecule has 1 aromatic carbocycles. The Morgan fingerprint density at radius 1 is 0.860 bits per heavy atom. The molecule has 282 valence electrons. The van der Waals surface area contributed by atoms with E-state index in [1.165, 1.54) is 123 Å². The first-order valence-electron chi connectivity index (χ1n) is 21.0. The summed E-state index contributed by atoms with van der Waals surface area (Å²) >= 11 is 0. The van der Waals surface area contributed by atoms with E-state index in [1.807, 2.05) is 30.3 Å². The molecule has 6 heteroatoms. The number of carbonyl (C=O) groups excluding carboxylic acids is 2. The Hall–Kier alpha value is -1.92. The van der Waals surface area contributed by atoms with Gasteiger partial charge in [0.15, 0.2) is 0 Å². The summed E-state index contributed by atoms with van der Waals surface area (Å²) in [5.74, 6) is 4.28. The van der Waals surface area contributed by atoms with Gasteiger partial charge in [0.25, 0.3) is 0 Å². The topological polar surface area (TPSA) is 93.4 Å². The lowest BCUT2D eigenvalue weighted by Gasteiger charge is -2.61. The van der Waals surface area contributed by atoms with E-state index in [9.17, 15) is 9.59 Å². The monoisotopic (exact) mass is 692 g/mol. The maximum Gasteiger partial charge on any atom is 0.328 e. The van der Waals surface area contributed by atoms with Gasteiger partial charge in [0.2, 0.25) is 5.91 Å². The summed E-state index contributed by atoms with van der Waals surface area (Å²) in [5, 5.41) is 7.01. The van der Waals surface area contributed by atoms with Crippen molar-refractivity contribution in [2.24, 2.45) is 52.1 Å². The number of methoxy groups -OCH3 is 1. The quantitative estimate of drug-likeness (QED) is 0.0995. The average molecular weight is 692 g/mol. The van der Waals surface area contributed by atoms with Gasteiger partial charge in [-0.25, -0.2) is 4.79 Å². The number of esters is 1. The predicted octanol–water partition coefficient (Wildman–Crippen LogP) is 9.00. The van der Waals surface area contributed by atoms with E-state index in [0.717, 1.165) is 48.2 Å². The highest BCUT2D eigenvalue weighted by atomic mass is 16.5. The van der Waals surface area contributed by atoms with Crippen LogP contribution in [0.5, 0.6) is 0 Å². The Balaban J connectivity index is 1.06. The van der Waals surface area contributed by atoms with Gasteiger partial charge in [-0.1, -0.05) is 89.6 Å². The van der Waals surface area contributed by atoms with Crippen LogP contribution in [-0.4, -0.2) is 44.2 Å². The van der Waals surface area contributed by atoms with Crippen LogP contribution in [0.2, 0.25) is 0 Å². The second kappa shape index (κ2) is 18.7. The lowest BCUT2D eigenvalue weighted by Crippen LogP contribution is -2.55. The van der Waals surface area contributed by atoms with Crippen molar-refractivity contribution >= 4 is 11.9 Å². The molecule has 4 aliphatic carbocycles. The van der Waals surface area contributed by atoms with Gasteiger partial charge in [0.05, 0.1) is 7.11 Å². The van der Waals surface area contributed by atoms with Crippen molar-refractivity contribution in [3.63, 3.8) is 0 Å². The first kappa shape index (κ1) is 39.3. The Bertz CT molecular complexity index is 1190. The number of amides is 1. The zero-order valence-electron chi connectivity index (χ0n) is 32.4. The summed E-state index contributed by atoms with van der Waals surface area (Å²) in [6.07, 6.45) is 25.0. The van der Waals surface area contributed by atoms with Gasteiger partial charge in [-0.05, 0) is 142 Å². The number of hydrogen-bond donors (Lipinski definition) is 3. The van der Waals surface area contributed by atoms with Crippen LogP contribution >= 0.6 is 0 Å². The van der Waals surface area contributed by atoms with Crippen LogP contribution in [-0.2, 0) is 20.7 Å². The Kier molecular flexibility index (Phi) is 14.7. The molecular weight excluding hydrogens is 619 g/mol. The van der Waals surface area contributed by atoms with E-state index in [-0.39, 0.29) is 11.9 Å². The summed E-state index contributed by atoms with van der Waals surface area (Å²) < 4.78 is 5.04. The third-order valence-corrected chi connectivity index (χ3v) is 14.9. The highest BCUT2D eigenvalue weighted by Crippen LogP contribution is 2.68. The summed E-state index contributed by atoms with van der Waals surface area (Å²) in [6, 6.07) is 9.94. The van der Waals surface area contributed by atoms with Crippen LogP contribution in [0.3, 0.4) is 0 Å². The van der Waals surface area contributed by atoms with Gasteiger partial charge in [0, 0.05) is 18.9 Å². The number of fused-ring (bicyclic) bond motifs is 5. The van der Waals surface area contributed by atoms with Gasteiger partial charge in [0.1, 0.15) is 6.04 Å². The number of nitrogens with two attached hydrogens (primary N) is 1. The van der Waals surface area contributed by atoms with E-state index in [2.05, 4.69) is 31.4 Å². The Labute approximate surface area is 305 Å². The standard InChI is InChI=1S/C44H73N3O3/c1-32(18-23-41(48)47-40(42(49)50-4)30-33-16-12-11-13-17-33)37-21-22-38-36-20-19-34-31-35(46-29-15-10-8-6-5-7-9-14-28-45)24-26-43(34,2)39(36)25-27-44(37,38)3/h11-13,16-17,32,34-40,46H,5-10,14-15,18-31,45H2,1-4H3,(H,47,48)/t32-,34-,35+,36?,37-,38?,39?,40+,43+,44-/m1/s1. The lowest BCUT2D eigenvalue weighted by atomic mass is 9.44. The molecule has 50 heavy (non-hydrogen) atoms. The summed E-state index contributed by atoms with van der Waals surface area (Å²) in [4.78, 5) is 25.7. The highest BCUT2D eigenvalue weighted by Gasteiger charge is 2.60. The normalized spacial score (nSPS) is 33.1. The molecule has 4 saturated carbocycles. The zero-order chi connectivity index (χ0) is 35.6. The summed E-state index contributed by atoms with van der Waals surface area (Å²) in [6.45, 7) is 9.78. The van der Waals surface area contributed by atoms with Crippen molar-refractivity contribution in [1.29, 1.82) is 0 Å². The van der Waals surface area contributed by atoms with Crippen molar-refractivity contribution in [3.8, 4) is 0 Å². The molecule has 4 N–H and O–H groups in total. The van der Waals surface area contributed by atoms with E-state index in [0.29, 0.717) is 35.5 Å². The number of rotatable bonds is 19. The van der Waals surface area contributed by atoms with E-state index in [1.54, 1.807) is 0 Å². The first-order valence-corrected chi connectivity index (χ1v) is 21.0. The van der Waals surface area contributed by atoms with Crippen LogP contribution in [0.4, 0.5) is 0 Å². The molecule has 0 bridgehead atoms. The van der Waals surface area contributed by atoms with E-state index in [4.69, 9.17) is 10.5 Å². The van der Waals surface area contributed by atoms with Crippen molar-refractivity contribution in [2.45, 2.75) is 161 Å². The molecule has 0 radical (unpaired) electrons. The lowest BCUT2D eigenvalue weighted by molar-refractivity contribution is -0.145. The zero-order valence-corrected chi connectivity index (χ0v) is 32.4. The smallest absolute Gasteiger partial charge is 0.328 e.